The highest BCUT2D eigenvalue weighted by Crippen LogP contribution is 2.31. The van der Waals surface area contributed by atoms with Gasteiger partial charge in [0.15, 0.2) is 0 Å². The number of nitrogens with one attached hydrogen (secondary N) is 1. The van der Waals surface area contributed by atoms with Gasteiger partial charge in [-0.05, 0) is 55.7 Å². The van der Waals surface area contributed by atoms with E-state index in [4.69, 9.17) is 11.6 Å². The van der Waals surface area contributed by atoms with E-state index in [1.807, 2.05) is 30.3 Å². The zero-order valence-electron chi connectivity index (χ0n) is 14.8. The van der Waals surface area contributed by atoms with Gasteiger partial charge < -0.3 is 10.2 Å². The standard InChI is InChI=1S/C20H20ClN5O/c21-18-12-16(7-8-19(18)25-9-2-1-3-10-25)24-20(27)15-5-4-6-17(11-15)26-13-22-23-14-26/h4-8,11-14H,1-3,9-10H2,(H,24,27). The van der Waals surface area contributed by atoms with E-state index >= 15 is 0 Å². The van der Waals surface area contributed by atoms with Crippen molar-refractivity contribution in [1.29, 1.82) is 0 Å². The molecule has 1 aliphatic rings. The Morgan fingerprint density at radius 3 is 2.52 bits per heavy atom. The lowest BCUT2D eigenvalue weighted by Gasteiger charge is -2.29. The van der Waals surface area contributed by atoms with Gasteiger partial charge in [0.25, 0.3) is 5.91 Å². The zero-order valence-corrected chi connectivity index (χ0v) is 15.6. The van der Waals surface area contributed by atoms with Crippen LogP contribution in [0.2, 0.25) is 5.02 Å². The molecule has 27 heavy (non-hydrogen) atoms. The number of carbonyl (C=O) groups excluding carboxylic acids is 1. The van der Waals surface area contributed by atoms with Gasteiger partial charge >= 0.3 is 0 Å². The van der Waals surface area contributed by atoms with Crippen LogP contribution in [0.4, 0.5) is 11.4 Å². The number of nitrogens with zero attached hydrogens (tertiary/aromatic N) is 4. The van der Waals surface area contributed by atoms with Crippen LogP contribution in [-0.4, -0.2) is 33.8 Å². The maximum absolute atomic E-state index is 12.6. The van der Waals surface area contributed by atoms with Crippen LogP contribution in [0.5, 0.6) is 0 Å². The van der Waals surface area contributed by atoms with Crippen molar-refractivity contribution >= 4 is 28.9 Å². The van der Waals surface area contributed by atoms with Gasteiger partial charge in [-0.1, -0.05) is 17.7 Å². The Balaban J connectivity index is 1.50. The molecule has 7 heteroatoms. The maximum atomic E-state index is 12.6. The SMILES string of the molecule is O=C(Nc1ccc(N2CCCCC2)c(Cl)c1)c1cccc(-n2cnnc2)c1. The summed E-state index contributed by atoms with van der Waals surface area (Å²) in [6, 6.07) is 13.0. The van der Waals surface area contributed by atoms with E-state index < -0.39 is 0 Å². The Hall–Kier alpha value is -2.86. The highest BCUT2D eigenvalue weighted by molar-refractivity contribution is 6.33. The summed E-state index contributed by atoms with van der Waals surface area (Å²) < 4.78 is 1.75. The van der Waals surface area contributed by atoms with E-state index in [0.29, 0.717) is 16.3 Å². The molecule has 6 nitrogen and oxygen atoms in total. The average Bonchev–Trinajstić information content (AvgIpc) is 3.24. The molecule has 1 N–H and O–H groups in total. The molecule has 138 valence electrons. The summed E-state index contributed by atoms with van der Waals surface area (Å²) in [6.07, 6.45) is 6.85. The van der Waals surface area contributed by atoms with Crippen molar-refractivity contribution in [3.05, 3.63) is 65.7 Å². The van der Waals surface area contributed by atoms with Crippen LogP contribution in [0.25, 0.3) is 5.69 Å². The Morgan fingerprint density at radius 1 is 1.00 bits per heavy atom. The fourth-order valence-corrected chi connectivity index (χ4v) is 3.62. The Kier molecular flexibility index (Phi) is 5.07. The summed E-state index contributed by atoms with van der Waals surface area (Å²) in [5.74, 6) is -0.188. The smallest absolute Gasteiger partial charge is 0.255 e. The predicted octanol–water partition coefficient (Wildman–Crippen LogP) is 4.16. The molecule has 1 aliphatic heterocycles. The third-order valence-electron chi connectivity index (χ3n) is 4.73. The second-order valence-electron chi connectivity index (χ2n) is 6.59. The molecule has 2 aromatic carbocycles. The molecular formula is C20H20ClN5O. The highest BCUT2D eigenvalue weighted by atomic mass is 35.5. The average molecular weight is 382 g/mol. The molecule has 2 heterocycles. The lowest BCUT2D eigenvalue weighted by atomic mass is 10.1. The van der Waals surface area contributed by atoms with Crippen LogP contribution < -0.4 is 10.2 Å². The van der Waals surface area contributed by atoms with Crippen molar-refractivity contribution in [2.75, 3.05) is 23.3 Å². The van der Waals surface area contributed by atoms with Gasteiger partial charge in [0, 0.05) is 30.0 Å². The molecule has 1 aromatic heterocycles. The lowest BCUT2D eigenvalue weighted by Crippen LogP contribution is -2.29. The molecule has 1 amide bonds. The summed E-state index contributed by atoms with van der Waals surface area (Å²) in [6.45, 7) is 2.06. The number of carbonyl (C=O) groups is 1. The maximum Gasteiger partial charge on any atom is 0.255 e. The Labute approximate surface area is 162 Å². The number of anilines is 2. The number of hydrogen-bond donors (Lipinski definition) is 1. The van der Waals surface area contributed by atoms with Crippen LogP contribution in [0.1, 0.15) is 29.6 Å². The van der Waals surface area contributed by atoms with Gasteiger partial charge in [-0.25, -0.2) is 0 Å². The number of rotatable bonds is 4. The molecule has 1 saturated heterocycles. The van der Waals surface area contributed by atoms with Crippen LogP contribution in [0.3, 0.4) is 0 Å². The number of benzene rings is 2. The first kappa shape index (κ1) is 17.5. The minimum absolute atomic E-state index is 0.188. The third-order valence-corrected chi connectivity index (χ3v) is 5.03. The van der Waals surface area contributed by atoms with Crippen LogP contribution >= 0.6 is 11.6 Å². The first-order chi connectivity index (χ1) is 13.2. The number of amides is 1. The summed E-state index contributed by atoms with van der Waals surface area (Å²) >= 11 is 6.47. The van der Waals surface area contributed by atoms with Crippen molar-refractivity contribution in [2.24, 2.45) is 0 Å². The molecule has 0 atom stereocenters. The fraction of sp³-hybridized carbons (Fsp3) is 0.250. The molecule has 0 radical (unpaired) electrons. The molecular weight excluding hydrogens is 362 g/mol. The minimum atomic E-state index is -0.188. The third kappa shape index (κ3) is 3.95. The molecule has 0 saturated carbocycles. The molecule has 1 fully saturated rings. The first-order valence-electron chi connectivity index (χ1n) is 9.01. The van der Waals surface area contributed by atoms with Gasteiger partial charge in [0.1, 0.15) is 12.7 Å². The van der Waals surface area contributed by atoms with E-state index in [9.17, 15) is 4.79 Å². The Morgan fingerprint density at radius 2 is 1.78 bits per heavy atom. The number of halogens is 1. The van der Waals surface area contributed by atoms with Crippen LogP contribution in [0.15, 0.2) is 55.1 Å². The monoisotopic (exact) mass is 381 g/mol. The zero-order chi connectivity index (χ0) is 18.6. The fourth-order valence-electron chi connectivity index (χ4n) is 3.32. The largest absolute Gasteiger partial charge is 0.370 e. The molecule has 0 bridgehead atoms. The second kappa shape index (κ2) is 7.80. The first-order valence-corrected chi connectivity index (χ1v) is 9.39. The van der Waals surface area contributed by atoms with Gasteiger partial charge in [0.2, 0.25) is 0 Å². The quantitative estimate of drug-likeness (QED) is 0.737. The van der Waals surface area contributed by atoms with Crippen molar-refractivity contribution in [3.8, 4) is 5.69 Å². The molecule has 0 unspecified atom stereocenters. The topological polar surface area (TPSA) is 63.1 Å². The van der Waals surface area contributed by atoms with Crippen LogP contribution in [-0.2, 0) is 0 Å². The summed E-state index contributed by atoms with van der Waals surface area (Å²) in [5.41, 5.74) is 3.09. The van der Waals surface area contributed by atoms with Crippen molar-refractivity contribution in [1.82, 2.24) is 14.8 Å². The second-order valence-corrected chi connectivity index (χ2v) is 6.99. The lowest BCUT2D eigenvalue weighted by molar-refractivity contribution is 0.102. The molecule has 4 rings (SSSR count). The van der Waals surface area contributed by atoms with Crippen molar-refractivity contribution in [2.45, 2.75) is 19.3 Å². The summed E-state index contributed by atoms with van der Waals surface area (Å²) in [5, 5.41) is 11.2. The normalized spacial score (nSPS) is 14.2. The highest BCUT2D eigenvalue weighted by Gasteiger charge is 2.15. The Bertz CT molecular complexity index is 935. The molecule has 3 aromatic rings. The van der Waals surface area contributed by atoms with Crippen LogP contribution in [0, 0.1) is 0 Å². The predicted molar refractivity (Wildman–Crippen MR) is 107 cm³/mol. The molecule has 0 spiro atoms. The summed E-state index contributed by atoms with van der Waals surface area (Å²) in [7, 11) is 0. The number of aromatic nitrogens is 3. The van der Waals surface area contributed by atoms with E-state index in [2.05, 4.69) is 20.4 Å². The minimum Gasteiger partial charge on any atom is -0.370 e. The number of hydrogen-bond acceptors (Lipinski definition) is 4. The van der Waals surface area contributed by atoms with Gasteiger partial charge in [-0.3, -0.25) is 9.36 Å². The van der Waals surface area contributed by atoms with Gasteiger partial charge in [-0.15, -0.1) is 10.2 Å². The van der Waals surface area contributed by atoms with Gasteiger partial charge in [0.05, 0.1) is 10.7 Å². The van der Waals surface area contributed by atoms with E-state index in [1.165, 1.54) is 19.3 Å². The van der Waals surface area contributed by atoms with Crippen molar-refractivity contribution in [3.63, 3.8) is 0 Å². The molecule has 0 aliphatic carbocycles. The number of piperidine rings is 1. The van der Waals surface area contributed by atoms with E-state index in [1.54, 1.807) is 29.4 Å². The summed E-state index contributed by atoms with van der Waals surface area (Å²) in [4.78, 5) is 14.9. The van der Waals surface area contributed by atoms with Crippen molar-refractivity contribution < 1.29 is 4.79 Å². The van der Waals surface area contributed by atoms with Gasteiger partial charge in [-0.2, -0.15) is 0 Å². The van der Waals surface area contributed by atoms with E-state index in [-0.39, 0.29) is 5.91 Å². The van der Waals surface area contributed by atoms with E-state index in [0.717, 1.165) is 24.5 Å².